The van der Waals surface area contributed by atoms with E-state index in [-0.39, 0.29) is 0 Å². The van der Waals surface area contributed by atoms with Crippen LogP contribution in [0.5, 0.6) is 0 Å². The minimum atomic E-state index is 0.320. The molecule has 0 amide bonds. The average molecular weight is 602 g/mol. The standard InChI is InChI=1S/C43H43N3/c1-42(2)32-24-34(42)30(22-26-12-7-5-8-13-26)40-28(32)18-20-38(45-40)36-16-11-17-37(44-36)39-21-19-29-33-25-35(43(33,3)4)31(41(29)46-39)23-27-14-9-6-10-15-27/h5-21,30-35H,22-25H2,1-4H3/t30-,31-,32-,33-,34+,35+/m1/s1. The second-order valence-corrected chi connectivity index (χ2v) is 15.8. The minimum absolute atomic E-state index is 0.320. The first-order valence-electron chi connectivity index (χ1n) is 17.4. The molecule has 0 unspecified atom stereocenters. The minimum Gasteiger partial charge on any atom is -0.251 e. The smallest absolute Gasteiger partial charge is 0.0894 e. The fraction of sp³-hybridized carbons (Fsp3) is 0.372. The van der Waals surface area contributed by atoms with Crippen LogP contribution in [0.3, 0.4) is 0 Å². The van der Waals surface area contributed by atoms with Crippen molar-refractivity contribution in [1.82, 2.24) is 15.0 Å². The van der Waals surface area contributed by atoms with E-state index in [1.807, 2.05) is 0 Å². The van der Waals surface area contributed by atoms with Crippen LogP contribution < -0.4 is 0 Å². The summed E-state index contributed by atoms with van der Waals surface area (Å²) < 4.78 is 0. The van der Waals surface area contributed by atoms with Crippen molar-refractivity contribution in [1.29, 1.82) is 0 Å². The lowest BCUT2D eigenvalue weighted by Gasteiger charge is -2.60. The molecule has 0 saturated heterocycles. The van der Waals surface area contributed by atoms with Crippen LogP contribution in [0.2, 0.25) is 0 Å². The molecule has 4 bridgehead atoms. The van der Waals surface area contributed by atoms with Crippen molar-refractivity contribution in [3.05, 3.63) is 137 Å². The largest absolute Gasteiger partial charge is 0.251 e. The van der Waals surface area contributed by atoms with Crippen LogP contribution in [0.25, 0.3) is 22.8 Å². The van der Waals surface area contributed by atoms with E-state index < -0.39 is 0 Å². The Morgan fingerprint density at radius 1 is 0.478 bits per heavy atom. The highest BCUT2D eigenvalue weighted by Crippen LogP contribution is 2.68. The van der Waals surface area contributed by atoms with Gasteiger partial charge in [-0.05, 0) is 107 Å². The Morgan fingerprint density at radius 2 is 0.891 bits per heavy atom. The van der Waals surface area contributed by atoms with Gasteiger partial charge in [-0.15, -0.1) is 0 Å². The second kappa shape index (κ2) is 10.2. The van der Waals surface area contributed by atoms with Crippen LogP contribution in [-0.4, -0.2) is 15.0 Å². The molecule has 0 aliphatic heterocycles. The van der Waals surface area contributed by atoms with Gasteiger partial charge in [0.25, 0.3) is 0 Å². The SMILES string of the molecule is CC1(C)[C@@H]2C[C@H]1[C@@H](Cc1ccccc1)c1nc(-c3cccc(-c4ccc5c(n4)[C@H](Cc4ccccc4)[C@@H]4C[C@H]5C4(C)C)n3)ccc12. The van der Waals surface area contributed by atoms with Gasteiger partial charge in [-0.2, -0.15) is 0 Å². The van der Waals surface area contributed by atoms with E-state index in [0.29, 0.717) is 46.3 Å². The molecule has 2 fully saturated rings. The number of benzene rings is 2. The molecule has 46 heavy (non-hydrogen) atoms. The molecular formula is C43H43N3. The molecular weight excluding hydrogens is 558 g/mol. The van der Waals surface area contributed by atoms with Crippen LogP contribution in [0, 0.1) is 22.7 Å². The van der Waals surface area contributed by atoms with Crippen LogP contribution in [0.1, 0.15) is 97.8 Å². The molecule has 230 valence electrons. The third kappa shape index (κ3) is 4.20. The van der Waals surface area contributed by atoms with Crippen LogP contribution >= 0.6 is 0 Å². The van der Waals surface area contributed by atoms with Crippen LogP contribution in [-0.2, 0) is 12.8 Å². The highest BCUT2D eigenvalue weighted by atomic mass is 14.9. The molecule has 3 heteroatoms. The Bertz CT molecular complexity index is 1800. The van der Waals surface area contributed by atoms with Gasteiger partial charge in [0.2, 0.25) is 0 Å². The fourth-order valence-electron chi connectivity index (χ4n) is 10.1. The molecule has 6 atom stereocenters. The van der Waals surface area contributed by atoms with Gasteiger partial charge in [0, 0.05) is 23.2 Å². The van der Waals surface area contributed by atoms with E-state index in [9.17, 15) is 0 Å². The molecule has 3 heterocycles. The molecule has 6 aliphatic carbocycles. The number of hydrogen-bond donors (Lipinski definition) is 0. The lowest BCUT2D eigenvalue weighted by Crippen LogP contribution is -2.51. The van der Waals surface area contributed by atoms with Gasteiger partial charge in [-0.3, -0.25) is 9.97 Å². The average Bonchev–Trinajstić information content (AvgIpc) is 3.08. The first-order valence-corrected chi connectivity index (χ1v) is 17.4. The van der Waals surface area contributed by atoms with Gasteiger partial charge < -0.3 is 0 Å². The van der Waals surface area contributed by atoms with Gasteiger partial charge >= 0.3 is 0 Å². The first-order chi connectivity index (χ1) is 22.3. The summed E-state index contributed by atoms with van der Waals surface area (Å²) in [5.41, 5.74) is 12.8. The Hall–Kier alpha value is -4.11. The van der Waals surface area contributed by atoms with Crippen molar-refractivity contribution in [2.75, 3.05) is 0 Å². The number of rotatable bonds is 6. The van der Waals surface area contributed by atoms with E-state index in [2.05, 4.69) is 131 Å². The summed E-state index contributed by atoms with van der Waals surface area (Å²) in [5.74, 6) is 3.37. The first kappa shape index (κ1) is 28.1. The summed E-state index contributed by atoms with van der Waals surface area (Å²) in [6.45, 7) is 9.86. The van der Waals surface area contributed by atoms with Gasteiger partial charge in [0.05, 0.1) is 22.8 Å². The maximum atomic E-state index is 5.42. The van der Waals surface area contributed by atoms with Crippen molar-refractivity contribution in [3.63, 3.8) is 0 Å². The maximum absolute atomic E-state index is 5.42. The van der Waals surface area contributed by atoms with E-state index in [1.54, 1.807) is 0 Å². The third-order valence-electron chi connectivity index (χ3n) is 12.9. The zero-order chi connectivity index (χ0) is 31.2. The lowest BCUT2D eigenvalue weighted by atomic mass is 9.44. The molecule has 0 spiro atoms. The molecule has 2 saturated carbocycles. The molecule has 5 aromatic rings. The normalized spacial score (nSPS) is 27.5. The summed E-state index contributed by atoms with van der Waals surface area (Å²) in [6.07, 6.45) is 4.64. The van der Waals surface area contributed by atoms with Gasteiger partial charge in [0.15, 0.2) is 0 Å². The predicted molar refractivity (Wildman–Crippen MR) is 186 cm³/mol. The molecule has 0 N–H and O–H groups in total. The van der Waals surface area contributed by atoms with Crippen molar-refractivity contribution in [3.8, 4) is 22.8 Å². The van der Waals surface area contributed by atoms with Gasteiger partial charge in [-0.1, -0.05) is 107 Å². The second-order valence-electron chi connectivity index (χ2n) is 15.8. The zero-order valence-electron chi connectivity index (χ0n) is 27.4. The predicted octanol–water partition coefficient (Wildman–Crippen LogP) is 10.1. The molecule has 3 aromatic heterocycles. The number of hydrogen-bond acceptors (Lipinski definition) is 3. The Balaban J connectivity index is 1.07. The zero-order valence-corrected chi connectivity index (χ0v) is 27.4. The van der Waals surface area contributed by atoms with Gasteiger partial charge in [-0.25, -0.2) is 4.98 Å². The molecule has 11 rings (SSSR count). The van der Waals surface area contributed by atoms with Crippen LogP contribution in [0.15, 0.2) is 103 Å². The highest BCUT2D eigenvalue weighted by Gasteiger charge is 2.58. The Morgan fingerprint density at radius 3 is 1.30 bits per heavy atom. The topological polar surface area (TPSA) is 38.7 Å². The maximum Gasteiger partial charge on any atom is 0.0894 e. The molecule has 6 aliphatic rings. The van der Waals surface area contributed by atoms with Crippen molar-refractivity contribution in [2.24, 2.45) is 22.7 Å². The van der Waals surface area contributed by atoms with Crippen molar-refractivity contribution in [2.45, 2.75) is 77.0 Å². The number of aromatic nitrogens is 3. The number of pyridine rings is 3. The Labute approximate surface area is 273 Å². The molecule has 3 nitrogen and oxygen atoms in total. The quantitative estimate of drug-likeness (QED) is 0.194. The Kier molecular flexibility index (Phi) is 6.24. The van der Waals surface area contributed by atoms with Gasteiger partial charge in [0.1, 0.15) is 0 Å². The van der Waals surface area contributed by atoms with Crippen LogP contribution in [0.4, 0.5) is 0 Å². The van der Waals surface area contributed by atoms with Crippen molar-refractivity contribution < 1.29 is 0 Å². The summed E-state index contributed by atoms with van der Waals surface area (Å²) in [7, 11) is 0. The van der Waals surface area contributed by atoms with Crippen molar-refractivity contribution >= 4 is 0 Å². The number of nitrogens with zero attached hydrogens (tertiary/aromatic N) is 3. The summed E-state index contributed by atoms with van der Waals surface area (Å²) in [6, 6.07) is 37.5. The fourth-order valence-corrected chi connectivity index (χ4v) is 10.1. The third-order valence-corrected chi connectivity index (χ3v) is 12.9. The summed E-state index contributed by atoms with van der Waals surface area (Å²) in [5, 5.41) is 0. The van der Waals surface area contributed by atoms with E-state index in [4.69, 9.17) is 15.0 Å². The monoisotopic (exact) mass is 601 g/mol. The van der Waals surface area contributed by atoms with E-state index >= 15 is 0 Å². The lowest BCUT2D eigenvalue weighted by molar-refractivity contribution is -0.00749. The van der Waals surface area contributed by atoms with E-state index in [0.717, 1.165) is 35.6 Å². The molecule has 0 radical (unpaired) electrons. The summed E-state index contributed by atoms with van der Waals surface area (Å²) >= 11 is 0. The van der Waals surface area contributed by atoms with E-state index in [1.165, 1.54) is 46.5 Å². The summed E-state index contributed by atoms with van der Waals surface area (Å²) in [4.78, 5) is 16.1. The molecule has 2 aromatic carbocycles. The highest BCUT2D eigenvalue weighted by molar-refractivity contribution is 5.64.